The number of hydrogen-bond donors (Lipinski definition) is 4. The number of carboxylic acid groups (broad SMARTS) is 1. The van der Waals surface area contributed by atoms with Crippen LogP contribution < -0.4 is 15.4 Å². The minimum Gasteiger partial charge on any atom is -0.488 e. The minimum atomic E-state index is -0.965. The number of para-hydroxylation sites is 1. The maximum absolute atomic E-state index is 13.5. The number of aromatic carboxylic acids is 1. The van der Waals surface area contributed by atoms with Crippen molar-refractivity contribution in [2.24, 2.45) is 5.92 Å². The Kier molecular flexibility index (Phi) is 10.2. The van der Waals surface area contributed by atoms with E-state index in [9.17, 15) is 24.6 Å². The topological polar surface area (TPSA) is 131 Å². The van der Waals surface area contributed by atoms with Crippen molar-refractivity contribution in [3.63, 3.8) is 0 Å². The Labute approximate surface area is 245 Å². The lowest BCUT2D eigenvalue weighted by Crippen LogP contribution is -2.47. The minimum absolute atomic E-state index is 0.0563. The van der Waals surface area contributed by atoms with E-state index >= 15 is 0 Å². The van der Waals surface area contributed by atoms with Gasteiger partial charge in [0, 0.05) is 42.5 Å². The summed E-state index contributed by atoms with van der Waals surface area (Å²) in [5.41, 5.74) is 3.02. The van der Waals surface area contributed by atoms with Crippen LogP contribution in [-0.2, 0) is 17.8 Å². The van der Waals surface area contributed by atoms with E-state index in [1.165, 1.54) is 0 Å². The molecule has 0 radical (unpaired) electrons. The predicted molar refractivity (Wildman–Crippen MR) is 161 cm³/mol. The van der Waals surface area contributed by atoms with Crippen LogP contribution in [0.25, 0.3) is 0 Å². The van der Waals surface area contributed by atoms with Gasteiger partial charge in [0.25, 0.3) is 0 Å². The number of ether oxygens (including phenoxy) is 1. The van der Waals surface area contributed by atoms with Gasteiger partial charge in [-0.25, -0.2) is 9.59 Å². The van der Waals surface area contributed by atoms with Crippen LogP contribution in [-0.4, -0.2) is 76.8 Å². The van der Waals surface area contributed by atoms with Gasteiger partial charge in [0.15, 0.2) is 0 Å². The van der Waals surface area contributed by atoms with Gasteiger partial charge in [-0.1, -0.05) is 37.3 Å². The first kappa shape index (κ1) is 30.5. The van der Waals surface area contributed by atoms with Crippen LogP contribution in [0.4, 0.5) is 16.2 Å². The van der Waals surface area contributed by atoms with Crippen LogP contribution in [0.15, 0.2) is 72.8 Å². The van der Waals surface area contributed by atoms with Crippen LogP contribution in [0.5, 0.6) is 5.75 Å². The fourth-order valence-electron chi connectivity index (χ4n) is 4.98. The first-order chi connectivity index (χ1) is 20.1. The van der Waals surface area contributed by atoms with E-state index in [0.717, 1.165) is 5.56 Å². The Hall–Kier alpha value is -4.41. The standard InChI is InChI=1S/C32H38N4O6/c1-21-17-36(22(2)20-37)30(38)16-25-15-27(34-32(41)33-26-7-5-4-6-8-26)13-14-28(25)42-29(21)19-35(3)18-23-9-11-24(12-10-23)31(39)40/h4-15,21-22,29,37H,16-20H2,1-3H3,(H,39,40)(H2,33,34,41)/t21-,22-,29+/m1/s1. The number of likely N-dealkylation sites (N-methyl/N-ethyl adjacent to an activating group) is 1. The first-order valence-electron chi connectivity index (χ1n) is 14.0. The first-order valence-corrected chi connectivity index (χ1v) is 14.0. The molecule has 222 valence electrons. The van der Waals surface area contributed by atoms with Crippen LogP contribution in [0.2, 0.25) is 0 Å². The smallest absolute Gasteiger partial charge is 0.335 e. The number of rotatable bonds is 9. The molecule has 0 spiro atoms. The highest BCUT2D eigenvalue weighted by atomic mass is 16.5. The Morgan fingerprint density at radius 1 is 1.05 bits per heavy atom. The zero-order valence-electron chi connectivity index (χ0n) is 24.1. The van der Waals surface area contributed by atoms with Crippen LogP contribution >= 0.6 is 0 Å². The number of urea groups is 1. The number of carbonyl (C=O) groups excluding carboxylic acids is 2. The number of aliphatic hydroxyl groups excluding tert-OH is 1. The number of nitrogens with zero attached hydrogens (tertiary/aromatic N) is 2. The average Bonchev–Trinajstić information content (AvgIpc) is 3.00. The molecule has 1 aliphatic heterocycles. The zero-order chi connectivity index (χ0) is 30.2. The number of anilines is 2. The Morgan fingerprint density at radius 3 is 2.40 bits per heavy atom. The van der Waals surface area contributed by atoms with Gasteiger partial charge in [0.1, 0.15) is 11.9 Å². The highest BCUT2D eigenvalue weighted by molar-refractivity contribution is 6.00. The molecule has 0 aromatic heterocycles. The summed E-state index contributed by atoms with van der Waals surface area (Å²) in [5.74, 6) is -0.605. The molecule has 42 heavy (non-hydrogen) atoms. The highest BCUT2D eigenvalue weighted by Crippen LogP contribution is 2.29. The molecule has 0 bridgehead atoms. The lowest BCUT2D eigenvalue weighted by molar-refractivity contribution is -0.134. The summed E-state index contributed by atoms with van der Waals surface area (Å²) in [5, 5.41) is 24.7. The van der Waals surface area contributed by atoms with E-state index in [-0.39, 0.29) is 42.6 Å². The summed E-state index contributed by atoms with van der Waals surface area (Å²) in [6, 6.07) is 20.4. The molecule has 3 aromatic rings. The van der Waals surface area contributed by atoms with Crippen LogP contribution in [0, 0.1) is 5.92 Å². The Bertz CT molecular complexity index is 1380. The maximum Gasteiger partial charge on any atom is 0.335 e. The molecular formula is C32H38N4O6. The summed E-state index contributed by atoms with van der Waals surface area (Å²) in [4.78, 5) is 41.0. The van der Waals surface area contributed by atoms with Gasteiger partial charge in [-0.2, -0.15) is 0 Å². The zero-order valence-corrected chi connectivity index (χ0v) is 24.1. The summed E-state index contributed by atoms with van der Waals surface area (Å²) in [6.07, 6.45) is -0.243. The second-order valence-electron chi connectivity index (χ2n) is 10.9. The van der Waals surface area contributed by atoms with Gasteiger partial charge in [0.05, 0.1) is 24.6 Å². The fraction of sp³-hybridized carbons (Fsp3) is 0.344. The van der Waals surface area contributed by atoms with Crippen molar-refractivity contribution in [3.05, 3.63) is 89.5 Å². The molecule has 0 saturated carbocycles. The summed E-state index contributed by atoms with van der Waals surface area (Å²) >= 11 is 0. The molecule has 0 aliphatic carbocycles. The van der Waals surface area contributed by atoms with Crippen LogP contribution in [0.1, 0.15) is 35.3 Å². The molecule has 3 aromatic carbocycles. The molecule has 0 unspecified atom stereocenters. The average molecular weight is 575 g/mol. The SMILES string of the molecule is C[C@@H]1CN([C@H](C)CO)C(=O)Cc2cc(NC(=O)Nc3ccccc3)ccc2O[C@H]1CN(C)Cc1ccc(C(=O)O)cc1. The summed E-state index contributed by atoms with van der Waals surface area (Å²) in [6.45, 7) is 5.21. The molecule has 4 rings (SSSR count). The molecule has 1 heterocycles. The quantitative estimate of drug-likeness (QED) is 0.300. The van der Waals surface area contributed by atoms with E-state index in [4.69, 9.17) is 4.74 Å². The number of fused-ring (bicyclic) bond motifs is 1. The molecule has 0 fully saturated rings. The van der Waals surface area contributed by atoms with Crippen molar-refractivity contribution in [3.8, 4) is 5.75 Å². The van der Waals surface area contributed by atoms with Crippen molar-refractivity contribution in [1.82, 2.24) is 9.80 Å². The number of carboxylic acids is 1. The number of carbonyl (C=O) groups is 3. The predicted octanol–water partition coefficient (Wildman–Crippen LogP) is 4.31. The van der Waals surface area contributed by atoms with E-state index in [1.54, 1.807) is 59.5 Å². The maximum atomic E-state index is 13.5. The van der Waals surface area contributed by atoms with Crippen molar-refractivity contribution in [1.29, 1.82) is 0 Å². The molecule has 4 N–H and O–H groups in total. The molecular weight excluding hydrogens is 536 g/mol. The molecule has 0 saturated heterocycles. The molecule has 1 aliphatic rings. The third kappa shape index (κ3) is 8.08. The van der Waals surface area contributed by atoms with E-state index in [0.29, 0.717) is 42.3 Å². The number of benzene rings is 3. The molecule has 3 amide bonds. The van der Waals surface area contributed by atoms with Gasteiger partial charge in [-0.3, -0.25) is 9.69 Å². The second kappa shape index (κ2) is 14.0. The number of aliphatic hydroxyl groups is 1. The number of amides is 3. The van der Waals surface area contributed by atoms with Crippen molar-refractivity contribution >= 4 is 29.3 Å². The normalized spacial score (nSPS) is 17.7. The van der Waals surface area contributed by atoms with Gasteiger partial charge in [0.2, 0.25) is 5.91 Å². The van der Waals surface area contributed by atoms with E-state index in [2.05, 4.69) is 15.5 Å². The van der Waals surface area contributed by atoms with Crippen molar-refractivity contribution < 1.29 is 29.3 Å². The van der Waals surface area contributed by atoms with Gasteiger partial charge in [-0.15, -0.1) is 0 Å². The third-order valence-corrected chi connectivity index (χ3v) is 7.35. The Morgan fingerprint density at radius 2 is 1.74 bits per heavy atom. The summed E-state index contributed by atoms with van der Waals surface area (Å²) in [7, 11) is 1.96. The number of hydrogen-bond acceptors (Lipinski definition) is 6. The lowest BCUT2D eigenvalue weighted by atomic mass is 10.0. The van der Waals surface area contributed by atoms with Crippen LogP contribution in [0.3, 0.4) is 0 Å². The lowest BCUT2D eigenvalue weighted by Gasteiger charge is -2.34. The van der Waals surface area contributed by atoms with E-state index < -0.39 is 12.0 Å². The van der Waals surface area contributed by atoms with Gasteiger partial charge >= 0.3 is 12.0 Å². The molecule has 10 heteroatoms. The van der Waals surface area contributed by atoms with Crippen molar-refractivity contribution in [2.75, 3.05) is 37.4 Å². The van der Waals surface area contributed by atoms with Gasteiger partial charge in [-0.05, 0) is 62.0 Å². The third-order valence-electron chi connectivity index (χ3n) is 7.35. The second-order valence-corrected chi connectivity index (χ2v) is 10.9. The molecule has 3 atom stereocenters. The number of nitrogens with one attached hydrogen (secondary N) is 2. The highest BCUT2D eigenvalue weighted by Gasteiger charge is 2.31. The monoisotopic (exact) mass is 574 g/mol. The fourth-order valence-corrected chi connectivity index (χ4v) is 4.98. The largest absolute Gasteiger partial charge is 0.488 e. The van der Waals surface area contributed by atoms with Crippen molar-refractivity contribution in [2.45, 2.75) is 39.0 Å². The summed E-state index contributed by atoms with van der Waals surface area (Å²) < 4.78 is 6.56. The Balaban J connectivity index is 1.55. The van der Waals surface area contributed by atoms with Gasteiger partial charge < -0.3 is 30.5 Å². The molecule has 10 nitrogen and oxygen atoms in total. The van der Waals surface area contributed by atoms with E-state index in [1.807, 2.05) is 39.1 Å².